The molecule has 0 saturated heterocycles. The maximum atomic E-state index is 15.4. The third kappa shape index (κ3) is 17.4. The highest BCUT2D eigenvalue weighted by molar-refractivity contribution is 6.14. The topological polar surface area (TPSA) is 304 Å². The lowest BCUT2D eigenvalue weighted by Gasteiger charge is -2.41. The number of aliphatic carboxylic acids is 1. The number of carboxylic acid groups (broad SMARTS) is 1. The van der Waals surface area contributed by atoms with Gasteiger partial charge in [-0.2, -0.15) is 0 Å². The van der Waals surface area contributed by atoms with Crippen LogP contribution >= 0.6 is 0 Å². The number of aromatic nitrogens is 1. The van der Waals surface area contributed by atoms with Crippen LogP contribution in [-0.4, -0.2) is 141 Å². The van der Waals surface area contributed by atoms with Crippen LogP contribution in [0.25, 0.3) is 11.1 Å². The Hall–Kier alpha value is -8.80. The summed E-state index contributed by atoms with van der Waals surface area (Å²) in [6, 6.07) is 15.2. The Morgan fingerprint density at radius 1 is 0.718 bits per heavy atom. The lowest BCUT2D eigenvalue weighted by molar-refractivity contribution is -0.142. The predicted molar refractivity (Wildman–Crippen MR) is 276 cm³/mol. The van der Waals surface area contributed by atoms with Gasteiger partial charge >= 0.3 is 12.1 Å². The first-order valence-corrected chi connectivity index (χ1v) is 24.7. The number of carbonyl (C=O) groups excluding carboxylic acids is 9. The molecule has 24 heteroatoms. The average molecular weight is 1080 g/mol. The predicted octanol–water partition coefficient (Wildman–Crippen LogP) is 2.20. The Bertz CT molecular complexity index is 2860. The number of carbonyl (C=O) groups is 10. The smallest absolute Gasteiger partial charge is 0.408 e. The van der Waals surface area contributed by atoms with Crippen molar-refractivity contribution in [2.45, 2.75) is 90.8 Å². The van der Waals surface area contributed by atoms with Crippen LogP contribution in [0.4, 0.5) is 13.6 Å². The Morgan fingerprint density at radius 3 is 1.92 bits per heavy atom. The fraction of sp³-hybridized carbons (Fsp3) is 0.370. The summed E-state index contributed by atoms with van der Waals surface area (Å²) in [7, 11) is 0. The van der Waals surface area contributed by atoms with Crippen molar-refractivity contribution in [3.05, 3.63) is 132 Å². The van der Waals surface area contributed by atoms with E-state index in [1.54, 1.807) is 80.1 Å². The van der Waals surface area contributed by atoms with Crippen molar-refractivity contribution < 1.29 is 71.7 Å². The molecule has 4 aromatic rings. The summed E-state index contributed by atoms with van der Waals surface area (Å²) in [6.45, 7) is 5.34. The van der Waals surface area contributed by atoms with Crippen molar-refractivity contribution >= 4 is 59.3 Å². The Morgan fingerprint density at radius 2 is 1.31 bits per heavy atom. The summed E-state index contributed by atoms with van der Waals surface area (Å²) in [5, 5.41) is 34.7. The van der Waals surface area contributed by atoms with Crippen molar-refractivity contribution in [3.8, 4) is 11.1 Å². The van der Waals surface area contributed by atoms with Gasteiger partial charge in [0.2, 0.25) is 35.4 Å². The van der Waals surface area contributed by atoms with Gasteiger partial charge in [-0.15, -0.1) is 0 Å². The standard InChI is InChI=1S/C54H63F2N9O13/c1-32(59-49(73)33(2)60-53(77)78-31-35-14-10-7-11-15-35)50(74)62-41(26-47(71)72)52(76)61-40(51(75)58-22-21-57-43(67)29-65-44(68)18-19-45(65)69)20-23-64(46(70)30-66)48(54(3,4)5)42-24-36(38-25-37(55)16-17-39(38)56)28-63(42)27-34-12-8-6-9-13-34/h6-19,24-25,28,32-33,40-41,48,66H,20-23,26-27,29-31H2,1-5H3,(H,57,67)(H,58,75)(H,59,73)(H,60,77)(H,61,76)(H,62,74)(H,71,72). The Kier molecular flexibility index (Phi) is 21.4. The number of amides is 9. The van der Waals surface area contributed by atoms with Crippen molar-refractivity contribution in [2.24, 2.45) is 5.41 Å². The van der Waals surface area contributed by atoms with E-state index in [1.165, 1.54) is 18.7 Å². The average Bonchev–Trinajstić information content (AvgIpc) is 3.96. The summed E-state index contributed by atoms with van der Waals surface area (Å²) in [5.41, 5.74) is 1.13. The molecule has 0 bridgehead atoms. The van der Waals surface area contributed by atoms with E-state index < -0.39 is 139 Å². The molecule has 8 N–H and O–H groups in total. The molecule has 1 aliphatic rings. The molecule has 1 aliphatic heterocycles. The number of aliphatic hydroxyl groups excluding tert-OH is 1. The number of benzene rings is 3. The number of hydrogen-bond donors (Lipinski definition) is 8. The largest absolute Gasteiger partial charge is 0.481 e. The van der Waals surface area contributed by atoms with E-state index in [4.69, 9.17) is 4.74 Å². The number of imide groups is 1. The summed E-state index contributed by atoms with van der Waals surface area (Å²) in [5.74, 6) is -10.0. The van der Waals surface area contributed by atoms with Crippen LogP contribution in [0.3, 0.4) is 0 Å². The van der Waals surface area contributed by atoms with E-state index in [2.05, 4.69) is 31.9 Å². The van der Waals surface area contributed by atoms with Gasteiger partial charge < -0.3 is 56.3 Å². The summed E-state index contributed by atoms with van der Waals surface area (Å²) >= 11 is 0. The lowest BCUT2D eigenvalue weighted by Crippen LogP contribution is -2.58. The van der Waals surface area contributed by atoms with Gasteiger partial charge in [0, 0.05) is 61.3 Å². The number of nitrogens with one attached hydrogen (secondary N) is 6. The molecule has 5 unspecified atom stereocenters. The minimum atomic E-state index is -1.89. The third-order valence-corrected chi connectivity index (χ3v) is 12.2. The van der Waals surface area contributed by atoms with Crippen LogP contribution in [-0.2, 0) is 61.0 Å². The van der Waals surface area contributed by atoms with E-state index in [0.717, 1.165) is 35.9 Å². The molecular formula is C54H63F2N9O13. The van der Waals surface area contributed by atoms with Gasteiger partial charge in [-0.25, -0.2) is 13.6 Å². The minimum Gasteiger partial charge on any atom is -0.481 e. The first-order valence-electron chi connectivity index (χ1n) is 24.7. The number of aliphatic hydroxyl groups is 1. The molecule has 416 valence electrons. The minimum absolute atomic E-state index is 0.0792. The van der Waals surface area contributed by atoms with Crippen LogP contribution in [0.15, 0.2) is 103 Å². The molecule has 78 heavy (non-hydrogen) atoms. The zero-order valence-corrected chi connectivity index (χ0v) is 43.5. The molecule has 1 aromatic heterocycles. The molecule has 3 aromatic carbocycles. The van der Waals surface area contributed by atoms with Crippen LogP contribution in [0.1, 0.15) is 70.3 Å². The second-order valence-electron chi connectivity index (χ2n) is 19.3. The van der Waals surface area contributed by atoms with Crippen LogP contribution in [0, 0.1) is 17.0 Å². The fourth-order valence-corrected chi connectivity index (χ4v) is 8.30. The fourth-order valence-electron chi connectivity index (χ4n) is 8.30. The molecule has 5 atom stereocenters. The number of alkyl carbamates (subject to hydrolysis) is 1. The van der Waals surface area contributed by atoms with Gasteiger partial charge in [-0.05, 0) is 61.1 Å². The molecular weight excluding hydrogens is 1020 g/mol. The van der Waals surface area contributed by atoms with Crippen LogP contribution in [0.2, 0.25) is 0 Å². The SMILES string of the molecule is CC(NC(=O)OCc1ccccc1)C(=O)NC(C)C(=O)NC(CC(=O)O)C(=O)NC(CCN(C(=O)CO)C(c1cc(-c2cc(F)ccc2F)cn1Cc1ccccc1)C(C)(C)C)C(=O)NCCNC(=O)CN1C(=O)C=CC1=O. The van der Waals surface area contributed by atoms with Crippen LogP contribution < -0.4 is 31.9 Å². The monoisotopic (exact) mass is 1080 g/mol. The Labute approximate surface area is 447 Å². The number of rotatable bonds is 26. The molecule has 0 aliphatic carbocycles. The van der Waals surface area contributed by atoms with E-state index in [-0.39, 0.29) is 37.4 Å². The number of ether oxygens (including phenoxy) is 1. The Balaban J connectivity index is 1.39. The lowest BCUT2D eigenvalue weighted by atomic mass is 9.82. The first kappa shape index (κ1) is 60.1. The van der Waals surface area contributed by atoms with Crippen LogP contribution in [0.5, 0.6) is 0 Å². The molecule has 9 amide bonds. The van der Waals surface area contributed by atoms with Gasteiger partial charge in [0.1, 0.15) is 55.6 Å². The zero-order chi connectivity index (χ0) is 57.3. The van der Waals surface area contributed by atoms with E-state index in [0.29, 0.717) is 16.2 Å². The highest BCUT2D eigenvalue weighted by Crippen LogP contribution is 2.41. The number of carboxylic acids is 1. The second-order valence-corrected chi connectivity index (χ2v) is 19.3. The molecule has 22 nitrogen and oxygen atoms in total. The van der Waals surface area contributed by atoms with E-state index in [9.17, 15) is 62.5 Å². The quantitative estimate of drug-likeness (QED) is 0.0331. The number of hydrogen-bond acceptors (Lipinski definition) is 12. The van der Waals surface area contributed by atoms with Crippen molar-refractivity contribution in [1.29, 1.82) is 0 Å². The zero-order valence-electron chi connectivity index (χ0n) is 43.5. The molecule has 5 rings (SSSR count). The van der Waals surface area contributed by atoms with E-state index >= 15 is 4.39 Å². The molecule has 2 heterocycles. The van der Waals surface area contributed by atoms with Gasteiger partial charge in [0.05, 0.1) is 12.5 Å². The number of halogens is 2. The maximum absolute atomic E-state index is 15.4. The third-order valence-electron chi connectivity index (χ3n) is 12.2. The van der Waals surface area contributed by atoms with Crippen molar-refractivity contribution in [3.63, 3.8) is 0 Å². The normalized spacial score (nSPS) is 14.0. The van der Waals surface area contributed by atoms with Gasteiger partial charge in [-0.1, -0.05) is 81.4 Å². The summed E-state index contributed by atoms with van der Waals surface area (Å²) < 4.78 is 36.9. The molecule has 0 saturated carbocycles. The molecule has 0 spiro atoms. The molecule has 0 fully saturated rings. The van der Waals surface area contributed by atoms with Crippen molar-refractivity contribution in [2.75, 3.05) is 32.8 Å². The van der Waals surface area contributed by atoms with Gasteiger partial charge in [0.15, 0.2) is 0 Å². The second kappa shape index (κ2) is 27.8. The van der Waals surface area contributed by atoms with Crippen molar-refractivity contribution in [1.82, 2.24) is 46.3 Å². The van der Waals surface area contributed by atoms with Gasteiger partial charge in [-0.3, -0.25) is 48.1 Å². The first-order chi connectivity index (χ1) is 36.9. The summed E-state index contributed by atoms with van der Waals surface area (Å²) in [4.78, 5) is 132. The number of nitrogens with zero attached hydrogens (tertiary/aromatic N) is 3. The highest BCUT2D eigenvalue weighted by atomic mass is 19.1. The molecule has 0 radical (unpaired) electrons. The van der Waals surface area contributed by atoms with E-state index in [1.807, 2.05) is 18.2 Å². The highest BCUT2D eigenvalue weighted by Gasteiger charge is 2.39. The van der Waals surface area contributed by atoms with Gasteiger partial charge in [0.25, 0.3) is 11.8 Å². The maximum Gasteiger partial charge on any atom is 0.408 e. The summed E-state index contributed by atoms with van der Waals surface area (Å²) in [6.07, 6.45) is 1.17.